The third kappa shape index (κ3) is 2.41. The molecule has 2 heterocycles. The number of anilines is 1. The van der Waals surface area contributed by atoms with E-state index in [1.807, 2.05) is 30.3 Å². The first-order valence-electron chi connectivity index (χ1n) is 6.31. The molecule has 98 valence electrons. The second-order valence-electron chi connectivity index (χ2n) is 4.70. The van der Waals surface area contributed by atoms with Gasteiger partial charge in [-0.3, -0.25) is 9.78 Å². The zero-order chi connectivity index (χ0) is 13.2. The van der Waals surface area contributed by atoms with Crippen LogP contribution in [-0.4, -0.2) is 24.0 Å². The standard InChI is InChI=1S/C14H14ClN3O/c15-18(14(19)11-5-6-16-8-11)12-7-10-3-1-2-4-13(10)17-9-12/h1-4,7,9,11,16H,5-6,8H2/t11-/m1/s1. The maximum atomic E-state index is 12.2. The van der Waals surface area contributed by atoms with Crippen LogP contribution in [0.3, 0.4) is 0 Å². The van der Waals surface area contributed by atoms with Gasteiger partial charge in [0.1, 0.15) is 0 Å². The van der Waals surface area contributed by atoms with Crippen molar-refractivity contribution in [1.29, 1.82) is 0 Å². The number of fused-ring (bicyclic) bond motifs is 1. The van der Waals surface area contributed by atoms with E-state index in [2.05, 4.69) is 10.3 Å². The predicted octanol–water partition coefficient (Wildman–Crippen LogP) is 2.33. The number of rotatable bonds is 2. The van der Waals surface area contributed by atoms with Crippen LogP contribution in [0.5, 0.6) is 0 Å². The Kier molecular flexibility index (Phi) is 3.36. The molecule has 1 N–H and O–H groups in total. The third-order valence-corrected chi connectivity index (χ3v) is 3.77. The molecule has 1 aliphatic rings. The van der Waals surface area contributed by atoms with Gasteiger partial charge in [-0.25, -0.2) is 4.42 Å². The molecule has 1 amide bonds. The zero-order valence-electron chi connectivity index (χ0n) is 10.3. The minimum atomic E-state index is -0.0660. The fourth-order valence-electron chi connectivity index (χ4n) is 2.32. The van der Waals surface area contributed by atoms with Crippen LogP contribution in [0, 0.1) is 5.92 Å². The summed E-state index contributed by atoms with van der Waals surface area (Å²) in [5, 5.41) is 4.14. The minimum Gasteiger partial charge on any atom is -0.316 e. The number of amides is 1. The number of aromatic nitrogens is 1. The van der Waals surface area contributed by atoms with Crippen molar-refractivity contribution in [1.82, 2.24) is 10.3 Å². The molecule has 5 heteroatoms. The average molecular weight is 276 g/mol. The van der Waals surface area contributed by atoms with Gasteiger partial charge in [-0.1, -0.05) is 18.2 Å². The number of benzene rings is 1. The summed E-state index contributed by atoms with van der Waals surface area (Å²) in [5.41, 5.74) is 1.52. The molecule has 0 aliphatic carbocycles. The molecule has 0 spiro atoms. The van der Waals surface area contributed by atoms with Crippen LogP contribution in [-0.2, 0) is 4.79 Å². The number of para-hydroxylation sites is 1. The molecule has 0 radical (unpaired) electrons. The van der Waals surface area contributed by atoms with Gasteiger partial charge in [-0.05, 0) is 25.1 Å². The van der Waals surface area contributed by atoms with E-state index in [0.717, 1.165) is 23.9 Å². The van der Waals surface area contributed by atoms with E-state index < -0.39 is 0 Å². The van der Waals surface area contributed by atoms with Crippen molar-refractivity contribution in [2.45, 2.75) is 6.42 Å². The summed E-state index contributed by atoms with van der Waals surface area (Å²) in [5.74, 6) is -0.104. The van der Waals surface area contributed by atoms with Crippen molar-refractivity contribution in [2.75, 3.05) is 17.5 Å². The van der Waals surface area contributed by atoms with Gasteiger partial charge < -0.3 is 5.32 Å². The lowest BCUT2D eigenvalue weighted by molar-refractivity contribution is -0.120. The molecule has 0 saturated carbocycles. The van der Waals surface area contributed by atoms with Gasteiger partial charge in [0.15, 0.2) is 0 Å². The molecule has 1 aromatic heterocycles. The summed E-state index contributed by atoms with van der Waals surface area (Å²) in [7, 11) is 0. The largest absolute Gasteiger partial charge is 0.316 e. The smallest absolute Gasteiger partial charge is 0.246 e. The van der Waals surface area contributed by atoms with Crippen LogP contribution in [0.25, 0.3) is 10.9 Å². The first kappa shape index (κ1) is 12.4. The SMILES string of the molecule is O=C([C@@H]1CCNC1)N(Cl)c1cnc2ccccc2c1. The van der Waals surface area contributed by atoms with Gasteiger partial charge in [0.05, 0.1) is 23.3 Å². The summed E-state index contributed by atoms with van der Waals surface area (Å²) in [6.45, 7) is 1.57. The van der Waals surface area contributed by atoms with Gasteiger partial charge in [-0.15, -0.1) is 0 Å². The monoisotopic (exact) mass is 275 g/mol. The van der Waals surface area contributed by atoms with E-state index in [1.54, 1.807) is 6.20 Å². The summed E-state index contributed by atoms with van der Waals surface area (Å²) < 4.78 is 1.19. The van der Waals surface area contributed by atoms with Crippen LogP contribution in [0.1, 0.15) is 6.42 Å². The Morgan fingerprint density at radius 3 is 3.05 bits per heavy atom. The number of pyridine rings is 1. The van der Waals surface area contributed by atoms with Crippen molar-refractivity contribution in [3.8, 4) is 0 Å². The average Bonchev–Trinajstić information content (AvgIpc) is 2.99. The van der Waals surface area contributed by atoms with Gasteiger partial charge in [0.25, 0.3) is 0 Å². The van der Waals surface area contributed by atoms with Crippen molar-refractivity contribution in [3.05, 3.63) is 36.5 Å². The minimum absolute atomic E-state index is 0.0380. The maximum Gasteiger partial charge on any atom is 0.246 e. The third-order valence-electron chi connectivity index (χ3n) is 3.41. The summed E-state index contributed by atoms with van der Waals surface area (Å²) in [6, 6.07) is 9.64. The molecule has 1 aliphatic heterocycles. The van der Waals surface area contributed by atoms with E-state index in [-0.39, 0.29) is 11.8 Å². The van der Waals surface area contributed by atoms with Crippen LogP contribution in [0.15, 0.2) is 36.5 Å². The molecule has 1 saturated heterocycles. The maximum absolute atomic E-state index is 12.2. The molecule has 2 aromatic rings. The van der Waals surface area contributed by atoms with Gasteiger partial charge >= 0.3 is 0 Å². The molecule has 1 fully saturated rings. The molecular formula is C14H14ClN3O. The number of nitrogens with one attached hydrogen (secondary N) is 1. The van der Waals surface area contributed by atoms with E-state index in [1.165, 1.54) is 4.42 Å². The quantitative estimate of drug-likeness (QED) is 0.856. The Morgan fingerprint density at radius 2 is 2.26 bits per heavy atom. The van der Waals surface area contributed by atoms with Crippen LogP contribution < -0.4 is 9.74 Å². The number of hydrogen-bond acceptors (Lipinski definition) is 3. The van der Waals surface area contributed by atoms with Crippen molar-refractivity contribution < 1.29 is 4.79 Å². The zero-order valence-corrected chi connectivity index (χ0v) is 11.1. The Hall–Kier alpha value is -1.65. The molecule has 0 bridgehead atoms. The van der Waals surface area contributed by atoms with Crippen molar-refractivity contribution in [2.24, 2.45) is 5.92 Å². The highest BCUT2D eigenvalue weighted by Crippen LogP contribution is 2.24. The molecule has 0 unspecified atom stereocenters. The van der Waals surface area contributed by atoms with Gasteiger partial charge in [0.2, 0.25) is 5.91 Å². The number of nitrogens with zero attached hydrogens (tertiary/aromatic N) is 2. The molecule has 1 aromatic carbocycles. The lowest BCUT2D eigenvalue weighted by Crippen LogP contribution is -2.30. The first-order chi connectivity index (χ1) is 9.25. The van der Waals surface area contributed by atoms with E-state index >= 15 is 0 Å². The van der Waals surface area contributed by atoms with Gasteiger partial charge in [0, 0.05) is 23.7 Å². The molecular weight excluding hydrogens is 262 g/mol. The topological polar surface area (TPSA) is 45.2 Å². The summed E-state index contributed by atoms with van der Waals surface area (Å²) >= 11 is 6.15. The van der Waals surface area contributed by atoms with Crippen LogP contribution >= 0.6 is 11.8 Å². The highest BCUT2D eigenvalue weighted by atomic mass is 35.5. The second-order valence-corrected chi connectivity index (χ2v) is 5.03. The Labute approximate surface area is 116 Å². The van der Waals surface area contributed by atoms with Crippen LogP contribution in [0.4, 0.5) is 5.69 Å². The fraction of sp³-hybridized carbons (Fsp3) is 0.286. The second kappa shape index (κ2) is 5.15. The molecule has 4 nitrogen and oxygen atoms in total. The number of hydrogen-bond donors (Lipinski definition) is 1. The highest BCUT2D eigenvalue weighted by molar-refractivity contribution is 6.37. The lowest BCUT2D eigenvalue weighted by atomic mass is 10.1. The first-order valence-corrected chi connectivity index (χ1v) is 6.65. The number of halogens is 1. The molecule has 1 atom stereocenters. The summed E-state index contributed by atoms with van der Waals surface area (Å²) in [6.07, 6.45) is 2.47. The number of carbonyl (C=O) groups is 1. The molecule has 3 rings (SSSR count). The highest BCUT2D eigenvalue weighted by Gasteiger charge is 2.27. The van der Waals surface area contributed by atoms with Crippen molar-refractivity contribution >= 4 is 34.3 Å². The van der Waals surface area contributed by atoms with Crippen LogP contribution in [0.2, 0.25) is 0 Å². The Morgan fingerprint density at radius 1 is 1.42 bits per heavy atom. The summed E-state index contributed by atoms with van der Waals surface area (Å²) in [4.78, 5) is 16.5. The van der Waals surface area contributed by atoms with Crippen molar-refractivity contribution in [3.63, 3.8) is 0 Å². The van der Waals surface area contributed by atoms with E-state index in [9.17, 15) is 4.79 Å². The molecule has 19 heavy (non-hydrogen) atoms. The normalized spacial score (nSPS) is 18.7. The Balaban J connectivity index is 1.88. The van der Waals surface area contributed by atoms with Gasteiger partial charge in [-0.2, -0.15) is 0 Å². The van der Waals surface area contributed by atoms with E-state index in [0.29, 0.717) is 12.2 Å². The number of carbonyl (C=O) groups excluding carboxylic acids is 1. The predicted molar refractivity (Wildman–Crippen MR) is 76.1 cm³/mol. The lowest BCUT2D eigenvalue weighted by Gasteiger charge is -2.17. The van der Waals surface area contributed by atoms with E-state index in [4.69, 9.17) is 11.8 Å². The fourth-order valence-corrected chi connectivity index (χ4v) is 2.55. The Bertz CT molecular complexity index is 610.